The second-order valence-electron chi connectivity index (χ2n) is 3.44. The van der Waals surface area contributed by atoms with Crippen molar-refractivity contribution in [2.24, 2.45) is 0 Å². The summed E-state index contributed by atoms with van der Waals surface area (Å²) in [6.45, 7) is 0.368. The lowest BCUT2D eigenvalue weighted by atomic mass is 10.2. The van der Waals surface area contributed by atoms with Crippen molar-refractivity contribution in [1.82, 2.24) is 0 Å². The maximum absolute atomic E-state index is 10.6. The number of rotatable bonds is 4. The Morgan fingerprint density at radius 1 is 1.18 bits per heavy atom. The number of hydrogen-bond donors (Lipinski definition) is 0. The van der Waals surface area contributed by atoms with E-state index in [1.807, 2.05) is 30.3 Å². The first-order valence-electron chi connectivity index (χ1n) is 5.08. The monoisotopic (exact) mass is 231 g/mol. The predicted molar refractivity (Wildman–Crippen MR) is 60.0 cm³/mol. The molecule has 0 atom stereocenters. The molecule has 5 heteroatoms. The normalized spacial score (nSPS) is 9.88. The Morgan fingerprint density at radius 3 is 2.65 bits per heavy atom. The first-order valence-corrected chi connectivity index (χ1v) is 5.08. The predicted octanol–water partition coefficient (Wildman–Crippen LogP) is 1.51. The molecule has 0 unspecified atom stereocenters. The molecule has 5 nitrogen and oxygen atoms in total. The van der Waals surface area contributed by atoms with E-state index >= 15 is 0 Å². The first kappa shape index (κ1) is 11.1. The average Bonchev–Trinajstić information content (AvgIpc) is 2.38. The lowest BCUT2D eigenvalue weighted by molar-refractivity contribution is -0.896. The molecule has 0 radical (unpaired) electrons. The van der Waals surface area contributed by atoms with Crippen LogP contribution in [0.2, 0.25) is 0 Å². The molecule has 0 N–H and O–H groups in total. The largest absolute Gasteiger partial charge is 0.337 e. The van der Waals surface area contributed by atoms with Crippen LogP contribution in [0.1, 0.15) is 5.56 Å². The fourth-order valence-electron chi connectivity index (χ4n) is 1.35. The fourth-order valence-corrected chi connectivity index (χ4v) is 1.35. The van der Waals surface area contributed by atoms with Gasteiger partial charge in [0.05, 0.1) is 4.92 Å². The van der Waals surface area contributed by atoms with Crippen LogP contribution in [0.25, 0.3) is 0 Å². The summed E-state index contributed by atoms with van der Waals surface area (Å²) in [4.78, 5) is 15.5. The van der Waals surface area contributed by atoms with Crippen molar-refractivity contribution in [1.29, 1.82) is 0 Å². The van der Waals surface area contributed by atoms with Crippen molar-refractivity contribution in [3.8, 4) is 0 Å². The number of hydrogen-bond acceptors (Lipinski definition) is 3. The SMILES string of the molecule is O=[N+]([O-])c1ccc[n+](OCc2ccccc2)c1. The van der Waals surface area contributed by atoms with Crippen LogP contribution in [0, 0.1) is 10.1 Å². The van der Waals surface area contributed by atoms with E-state index in [1.165, 1.54) is 17.0 Å². The lowest BCUT2D eigenvalue weighted by Gasteiger charge is -1.98. The van der Waals surface area contributed by atoms with Crippen molar-refractivity contribution >= 4 is 5.69 Å². The molecule has 1 heterocycles. The van der Waals surface area contributed by atoms with E-state index in [0.29, 0.717) is 6.61 Å². The second kappa shape index (κ2) is 5.07. The molecule has 1 aromatic heterocycles. The van der Waals surface area contributed by atoms with Crippen molar-refractivity contribution in [2.45, 2.75) is 6.61 Å². The van der Waals surface area contributed by atoms with Gasteiger partial charge in [-0.3, -0.25) is 15.0 Å². The third kappa shape index (κ3) is 3.01. The number of nitrogens with zero attached hydrogens (tertiary/aromatic N) is 2. The molecule has 86 valence electrons. The van der Waals surface area contributed by atoms with Crippen molar-refractivity contribution in [3.05, 3.63) is 70.5 Å². The molecule has 2 aromatic rings. The fraction of sp³-hybridized carbons (Fsp3) is 0.0833. The van der Waals surface area contributed by atoms with Gasteiger partial charge in [0.2, 0.25) is 6.20 Å². The smallest absolute Gasteiger partial charge is 0.266 e. The number of nitro groups is 1. The highest BCUT2D eigenvalue weighted by Gasteiger charge is 2.12. The third-order valence-electron chi connectivity index (χ3n) is 2.19. The van der Waals surface area contributed by atoms with Crippen LogP contribution < -0.4 is 9.57 Å². The Kier molecular flexibility index (Phi) is 3.30. The van der Waals surface area contributed by atoms with E-state index in [4.69, 9.17) is 4.84 Å². The highest BCUT2D eigenvalue weighted by molar-refractivity contribution is 5.20. The zero-order valence-electron chi connectivity index (χ0n) is 9.02. The molecule has 0 spiro atoms. The number of pyridine rings is 1. The molecule has 1 aromatic carbocycles. The van der Waals surface area contributed by atoms with Crippen molar-refractivity contribution in [2.75, 3.05) is 0 Å². The minimum atomic E-state index is -0.456. The lowest BCUT2D eigenvalue weighted by Crippen LogP contribution is -2.41. The summed E-state index contributed by atoms with van der Waals surface area (Å²) < 4.78 is 1.34. The highest BCUT2D eigenvalue weighted by Crippen LogP contribution is 2.04. The highest BCUT2D eigenvalue weighted by atomic mass is 16.7. The summed E-state index contributed by atoms with van der Waals surface area (Å²) in [5.41, 5.74) is 1.01. The molecular weight excluding hydrogens is 220 g/mol. The van der Waals surface area contributed by atoms with Crippen LogP contribution in [0.3, 0.4) is 0 Å². The van der Waals surface area contributed by atoms with Gasteiger partial charge in [0.1, 0.15) is 0 Å². The van der Waals surface area contributed by atoms with Crippen molar-refractivity contribution in [3.63, 3.8) is 0 Å². The molecule has 0 saturated carbocycles. The van der Waals surface area contributed by atoms with Gasteiger partial charge >= 0.3 is 5.69 Å². The van der Waals surface area contributed by atoms with E-state index in [2.05, 4.69) is 0 Å². The molecule has 0 fully saturated rings. The van der Waals surface area contributed by atoms with E-state index < -0.39 is 4.92 Å². The molecule has 0 saturated heterocycles. The molecule has 0 bridgehead atoms. The van der Waals surface area contributed by atoms with Crippen molar-refractivity contribution < 1.29 is 14.5 Å². The molecular formula is C12H11N2O3+. The van der Waals surface area contributed by atoms with Gasteiger partial charge < -0.3 is 0 Å². The van der Waals surface area contributed by atoms with Crippen LogP contribution in [0.15, 0.2) is 54.9 Å². The minimum Gasteiger partial charge on any atom is -0.266 e. The van der Waals surface area contributed by atoms with Crippen LogP contribution in [0.5, 0.6) is 0 Å². The molecule has 0 aliphatic heterocycles. The Bertz CT molecular complexity index is 514. The number of benzene rings is 1. The average molecular weight is 231 g/mol. The Hall–Kier alpha value is -2.43. The Morgan fingerprint density at radius 2 is 1.94 bits per heavy atom. The maximum Gasteiger partial charge on any atom is 0.337 e. The number of aromatic nitrogens is 1. The van der Waals surface area contributed by atoms with Crippen LogP contribution >= 0.6 is 0 Å². The Balaban J connectivity index is 2.04. The third-order valence-corrected chi connectivity index (χ3v) is 2.19. The molecule has 0 aliphatic rings. The van der Waals surface area contributed by atoms with E-state index in [0.717, 1.165) is 5.56 Å². The van der Waals surface area contributed by atoms with Gasteiger partial charge in [0.15, 0.2) is 6.61 Å². The zero-order valence-corrected chi connectivity index (χ0v) is 9.02. The standard InChI is InChI=1S/C12H11N2O3/c15-14(16)12-7-4-8-13(9-12)17-10-11-5-2-1-3-6-11/h1-9H,10H2/q+1. The van der Waals surface area contributed by atoms with Gasteiger partial charge in [-0.2, -0.15) is 0 Å². The van der Waals surface area contributed by atoms with Crippen LogP contribution in [-0.4, -0.2) is 4.92 Å². The molecule has 0 aliphatic carbocycles. The summed E-state index contributed by atoms with van der Waals surface area (Å²) >= 11 is 0. The van der Waals surface area contributed by atoms with Gasteiger partial charge in [-0.15, -0.1) is 0 Å². The molecule has 2 rings (SSSR count). The zero-order chi connectivity index (χ0) is 12.1. The van der Waals surface area contributed by atoms with Gasteiger partial charge in [-0.1, -0.05) is 30.3 Å². The topological polar surface area (TPSA) is 56.2 Å². The van der Waals surface area contributed by atoms with E-state index in [9.17, 15) is 10.1 Å². The minimum absolute atomic E-state index is 0.000520. The van der Waals surface area contributed by atoms with E-state index in [-0.39, 0.29) is 5.69 Å². The summed E-state index contributed by atoms with van der Waals surface area (Å²) in [7, 11) is 0. The summed E-state index contributed by atoms with van der Waals surface area (Å²) in [5, 5.41) is 10.6. The summed E-state index contributed by atoms with van der Waals surface area (Å²) in [6, 6.07) is 12.6. The first-order chi connectivity index (χ1) is 8.25. The summed E-state index contributed by atoms with van der Waals surface area (Å²) in [5.74, 6) is 0. The second-order valence-corrected chi connectivity index (χ2v) is 3.44. The molecule has 0 amide bonds. The van der Waals surface area contributed by atoms with Gasteiger partial charge in [0, 0.05) is 16.9 Å². The van der Waals surface area contributed by atoms with Gasteiger partial charge in [-0.25, -0.2) is 0 Å². The van der Waals surface area contributed by atoms with Crippen LogP contribution in [-0.2, 0) is 6.61 Å². The summed E-state index contributed by atoms with van der Waals surface area (Å²) in [6.07, 6.45) is 2.96. The van der Waals surface area contributed by atoms with E-state index in [1.54, 1.807) is 12.3 Å². The van der Waals surface area contributed by atoms with Gasteiger partial charge in [-0.05, 0) is 5.56 Å². The Labute approximate surface area is 98.0 Å². The maximum atomic E-state index is 10.6. The van der Waals surface area contributed by atoms with Gasteiger partial charge in [0.25, 0.3) is 6.20 Å². The van der Waals surface area contributed by atoms with Crippen LogP contribution in [0.4, 0.5) is 5.69 Å². The molecule has 17 heavy (non-hydrogen) atoms. The quantitative estimate of drug-likeness (QED) is 0.455.